The standard InChI is InChI=1S/C20H19N3O2/c1-15-8-10-16(11-9-15)14-23-19(24)13-12-18(21-23)20(25)22(2)17-6-4-3-5-7-17/h3-13H,14H2,1-2H3. The van der Waals surface area contributed by atoms with Crippen LogP contribution in [0.1, 0.15) is 21.6 Å². The maximum absolute atomic E-state index is 12.7. The van der Waals surface area contributed by atoms with Gasteiger partial charge in [0.15, 0.2) is 0 Å². The number of nitrogens with zero attached hydrogens (tertiary/aromatic N) is 3. The highest BCUT2D eigenvalue weighted by Gasteiger charge is 2.16. The molecule has 5 nitrogen and oxygen atoms in total. The van der Waals surface area contributed by atoms with Crippen LogP contribution in [0.25, 0.3) is 0 Å². The molecule has 0 atom stereocenters. The Bertz CT molecular complexity index is 931. The van der Waals surface area contributed by atoms with Gasteiger partial charge in [0.05, 0.1) is 6.54 Å². The Morgan fingerprint density at radius 1 is 1.00 bits per heavy atom. The second kappa shape index (κ2) is 7.13. The Labute approximate surface area is 146 Å². The third-order valence-electron chi connectivity index (χ3n) is 3.99. The van der Waals surface area contributed by atoms with Crippen molar-refractivity contribution in [2.75, 3.05) is 11.9 Å². The molecule has 2 aromatic carbocycles. The first kappa shape index (κ1) is 16.6. The molecule has 0 N–H and O–H groups in total. The molecule has 0 aliphatic heterocycles. The topological polar surface area (TPSA) is 55.2 Å². The first-order valence-electron chi connectivity index (χ1n) is 8.01. The van der Waals surface area contributed by atoms with Gasteiger partial charge < -0.3 is 4.90 Å². The highest BCUT2D eigenvalue weighted by molar-refractivity contribution is 6.04. The molecule has 0 radical (unpaired) electrons. The number of aromatic nitrogens is 2. The quantitative estimate of drug-likeness (QED) is 0.738. The molecule has 1 amide bonds. The van der Waals surface area contributed by atoms with Crippen LogP contribution in [0.2, 0.25) is 0 Å². The normalized spacial score (nSPS) is 10.5. The molecule has 0 saturated heterocycles. The molecule has 1 heterocycles. The molecule has 1 aromatic heterocycles. The molecule has 126 valence electrons. The van der Waals surface area contributed by atoms with Gasteiger partial charge in [-0.25, -0.2) is 4.68 Å². The summed E-state index contributed by atoms with van der Waals surface area (Å²) in [5, 5.41) is 4.25. The van der Waals surface area contributed by atoms with E-state index >= 15 is 0 Å². The van der Waals surface area contributed by atoms with Crippen LogP contribution >= 0.6 is 0 Å². The molecule has 0 aliphatic carbocycles. The third-order valence-corrected chi connectivity index (χ3v) is 3.99. The summed E-state index contributed by atoms with van der Waals surface area (Å²) in [6.45, 7) is 2.34. The average Bonchev–Trinajstić information content (AvgIpc) is 2.65. The van der Waals surface area contributed by atoms with Gasteiger partial charge in [0, 0.05) is 18.8 Å². The van der Waals surface area contributed by atoms with Crippen molar-refractivity contribution in [2.45, 2.75) is 13.5 Å². The minimum atomic E-state index is -0.260. The Morgan fingerprint density at radius 2 is 1.68 bits per heavy atom. The lowest BCUT2D eigenvalue weighted by Crippen LogP contribution is -2.31. The Kier molecular flexibility index (Phi) is 4.75. The summed E-state index contributed by atoms with van der Waals surface area (Å²) in [7, 11) is 1.69. The lowest BCUT2D eigenvalue weighted by Gasteiger charge is -2.17. The van der Waals surface area contributed by atoms with Gasteiger partial charge in [0.1, 0.15) is 5.69 Å². The zero-order valence-corrected chi connectivity index (χ0v) is 14.2. The number of hydrogen-bond acceptors (Lipinski definition) is 3. The van der Waals surface area contributed by atoms with E-state index in [1.807, 2.05) is 61.5 Å². The molecule has 3 rings (SSSR count). The number of rotatable bonds is 4. The van der Waals surface area contributed by atoms with Gasteiger partial charge >= 0.3 is 0 Å². The minimum Gasteiger partial charge on any atom is -0.310 e. The van der Waals surface area contributed by atoms with E-state index in [0.29, 0.717) is 6.54 Å². The number of anilines is 1. The van der Waals surface area contributed by atoms with E-state index in [1.54, 1.807) is 7.05 Å². The Hall–Kier alpha value is -3.21. The van der Waals surface area contributed by atoms with E-state index in [2.05, 4.69) is 5.10 Å². The van der Waals surface area contributed by atoms with Crippen molar-refractivity contribution in [3.05, 3.63) is 93.9 Å². The van der Waals surface area contributed by atoms with Crippen LogP contribution in [0.5, 0.6) is 0 Å². The number of benzene rings is 2. The van der Waals surface area contributed by atoms with Crippen LogP contribution in [-0.2, 0) is 6.54 Å². The molecule has 25 heavy (non-hydrogen) atoms. The summed E-state index contributed by atoms with van der Waals surface area (Å²) in [5.74, 6) is -0.260. The summed E-state index contributed by atoms with van der Waals surface area (Å²) in [6.07, 6.45) is 0. The molecule has 0 saturated carbocycles. The molecule has 0 unspecified atom stereocenters. The van der Waals surface area contributed by atoms with Crippen molar-refractivity contribution >= 4 is 11.6 Å². The molecule has 0 aliphatic rings. The van der Waals surface area contributed by atoms with E-state index < -0.39 is 0 Å². The van der Waals surface area contributed by atoms with Crippen molar-refractivity contribution in [3.8, 4) is 0 Å². The van der Waals surface area contributed by atoms with Gasteiger partial charge in [0.25, 0.3) is 11.5 Å². The molecule has 0 fully saturated rings. The van der Waals surface area contributed by atoms with Gasteiger partial charge in [-0.1, -0.05) is 48.0 Å². The van der Waals surface area contributed by atoms with Gasteiger partial charge in [-0.05, 0) is 30.7 Å². The van der Waals surface area contributed by atoms with Crippen molar-refractivity contribution < 1.29 is 4.79 Å². The lowest BCUT2D eigenvalue weighted by atomic mass is 10.1. The molecule has 5 heteroatoms. The van der Waals surface area contributed by atoms with E-state index in [9.17, 15) is 9.59 Å². The Balaban J connectivity index is 1.87. The monoisotopic (exact) mass is 333 g/mol. The van der Waals surface area contributed by atoms with Gasteiger partial charge in [0.2, 0.25) is 0 Å². The van der Waals surface area contributed by atoms with Gasteiger partial charge in [-0.2, -0.15) is 5.10 Å². The summed E-state index contributed by atoms with van der Waals surface area (Å²) in [5.41, 5.74) is 2.88. The summed E-state index contributed by atoms with van der Waals surface area (Å²) in [4.78, 5) is 26.3. The lowest BCUT2D eigenvalue weighted by molar-refractivity contribution is 0.0986. The van der Waals surface area contributed by atoms with Crippen molar-refractivity contribution in [3.63, 3.8) is 0 Å². The molecule has 0 bridgehead atoms. The largest absolute Gasteiger partial charge is 0.310 e. The zero-order valence-electron chi connectivity index (χ0n) is 14.2. The van der Waals surface area contributed by atoms with Crippen LogP contribution in [0.3, 0.4) is 0 Å². The van der Waals surface area contributed by atoms with Crippen molar-refractivity contribution in [1.29, 1.82) is 0 Å². The fourth-order valence-corrected chi connectivity index (χ4v) is 2.48. The maximum Gasteiger partial charge on any atom is 0.278 e. The fraction of sp³-hybridized carbons (Fsp3) is 0.150. The molecular weight excluding hydrogens is 314 g/mol. The highest BCUT2D eigenvalue weighted by atomic mass is 16.2. The number of aryl methyl sites for hydroxylation is 1. The minimum absolute atomic E-state index is 0.234. The van der Waals surface area contributed by atoms with Gasteiger partial charge in [-0.15, -0.1) is 0 Å². The highest BCUT2D eigenvalue weighted by Crippen LogP contribution is 2.13. The first-order chi connectivity index (χ1) is 12.0. The van der Waals surface area contributed by atoms with Crippen LogP contribution < -0.4 is 10.5 Å². The number of para-hydroxylation sites is 1. The van der Waals surface area contributed by atoms with Crippen molar-refractivity contribution in [1.82, 2.24) is 9.78 Å². The summed E-state index contributed by atoms with van der Waals surface area (Å²) >= 11 is 0. The van der Waals surface area contributed by atoms with Crippen LogP contribution in [0.4, 0.5) is 5.69 Å². The van der Waals surface area contributed by atoms with E-state index in [-0.39, 0.29) is 17.2 Å². The number of carbonyl (C=O) groups excluding carboxylic acids is 1. The van der Waals surface area contributed by atoms with E-state index in [4.69, 9.17) is 0 Å². The molecular formula is C20H19N3O2. The second-order valence-electron chi connectivity index (χ2n) is 5.90. The van der Waals surface area contributed by atoms with E-state index in [1.165, 1.54) is 21.7 Å². The van der Waals surface area contributed by atoms with Gasteiger partial charge in [-0.3, -0.25) is 9.59 Å². The SMILES string of the molecule is Cc1ccc(Cn2nc(C(=O)N(C)c3ccccc3)ccc2=O)cc1. The second-order valence-corrected chi connectivity index (χ2v) is 5.90. The van der Waals surface area contributed by atoms with Crippen LogP contribution in [0.15, 0.2) is 71.5 Å². The molecule has 0 spiro atoms. The van der Waals surface area contributed by atoms with E-state index in [0.717, 1.165) is 16.8 Å². The zero-order chi connectivity index (χ0) is 17.8. The van der Waals surface area contributed by atoms with Crippen molar-refractivity contribution in [2.24, 2.45) is 0 Å². The smallest absolute Gasteiger partial charge is 0.278 e. The number of hydrogen-bond donors (Lipinski definition) is 0. The number of amides is 1. The summed E-state index contributed by atoms with van der Waals surface area (Å²) < 4.78 is 1.32. The number of carbonyl (C=O) groups is 1. The average molecular weight is 333 g/mol. The predicted molar refractivity (Wildman–Crippen MR) is 98.0 cm³/mol. The fourth-order valence-electron chi connectivity index (χ4n) is 2.48. The maximum atomic E-state index is 12.7. The third kappa shape index (κ3) is 3.83. The van der Waals surface area contributed by atoms with Crippen LogP contribution in [-0.4, -0.2) is 22.7 Å². The molecule has 3 aromatic rings. The predicted octanol–water partition coefficient (Wildman–Crippen LogP) is 2.88. The summed E-state index contributed by atoms with van der Waals surface area (Å²) in [6, 6.07) is 20.0. The first-order valence-corrected chi connectivity index (χ1v) is 8.01. The Morgan fingerprint density at radius 3 is 2.36 bits per heavy atom. The van der Waals surface area contributed by atoms with Crippen LogP contribution in [0, 0.1) is 6.92 Å².